The van der Waals surface area contributed by atoms with Crippen LogP contribution in [0.2, 0.25) is 0 Å². The molecule has 0 aromatic carbocycles. The topological polar surface area (TPSA) is 217 Å². The van der Waals surface area contributed by atoms with E-state index in [1.807, 2.05) is 0 Å². The van der Waals surface area contributed by atoms with Gasteiger partial charge in [0.05, 0.1) is 18.8 Å². The predicted octanol–water partition coefficient (Wildman–Crippen LogP) is -2.12. The molecule has 8 N–H and O–H groups in total. The van der Waals surface area contributed by atoms with Crippen LogP contribution in [0.3, 0.4) is 0 Å². The number of carbonyl (C=O) groups is 5. The van der Waals surface area contributed by atoms with Gasteiger partial charge in [0.25, 0.3) is 0 Å². The van der Waals surface area contributed by atoms with E-state index < -0.39 is 60.2 Å². The minimum atomic E-state index is -1.70. The van der Waals surface area contributed by atoms with Gasteiger partial charge >= 0.3 is 11.9 Å². The Morgan fingerprint density at radius 2 is 1.59 bits per heavy atom. The molecule has 0 fully saturated rings. The molecule has 13 nitrogen and oxygen atoms in total. The summed E-state index contributed by atoms with van der Waals surface area (Å²) in [5, 5.41) is 25.0. The number of aliphatic carboxylic acids is 2. The van der Waals surface area contributed by atoms with Crippen molar-refractivity contribution in [3.8, 4) is 0 Å². The third kappa shape index (κ3) is 8.55. The summed E-state index contributed by atoms with van der Waals surface area (Å²) < 4.78 is 0. The van der Waals surface area contributed by atoms with Gasteiger partial charge in [-0.05, 0) is 5.92 Å². The fraction of sp³-hybridized carbons (Fsp3) is 0.556. The SMILES string of the molecule is CC(C)C(N)C(=O)NC(CS)C(=O)NC(Cc1cnc[nH]1)C(=O)NC(CC(=O)O)C(=O)O. The minimum absolute atomic E-state index is 0.0997. The molecule has 14 heteroatoms. The number of imidazole rings is 1. The number of H-pyrrole nitrogens is 1. The first-order valence-corrected chi connectivity index (χ1v) is 10.3. The van der Waals surface area contributed by atoms with Crippen LogP contribution < -0.4 is 21.7 Å². The van der Waals surface area contributed by atoms with Crippen LogP contribution in [0.5, 0.6) is 0 Å². The molecule has 4 unspecified atom stereocenters. The Morgan fingerprint density at radius 3 is 2.06 bits per heavy atom. The molecule has 32 heavy (non-hydrogen) atoms. The average Bonchev–Trinajstić information content (AvgIpc) is 3.22. The number of carboxylic acids is 2. The zero-order valence-corrected chi connectivity index (χ0v) is 18.5. The lowest BCUT2D eigenvalue weighted by Gasteiger charge is -2.24. The second kappa shape index (κ2) is 12.7. The summed E-state index contributed by atoms with van der Waals surface area (Å²) in [5.41, 5.74) is 6.23. The van der Waals surface area contributed by atoms with Gasteiger partial charge < -0.3 is 36.9 Å². The lowest BCUT2D eigenvalue weighted by molar-refractivity contribution is -0.147. The van der Waals surface area contributed by atoms with E-state index in [4.69, 9.17) is 15.9 Å². The molecule has 0 saturated heterocycles. The Balaban J connectivity index is 2.98. The van der Waals surface area contributed by atoms with E-state index in [0.29, 0.717) is 5.69 Å². The zero-order valence-electron chi connectivity index (χ0n) is 17.6. The highest BCUT2D eigenvalue weighted by Crippen LogP contribution is 2.04. The summed E-state index contributed by atoms with van der Waals surface area (Å²) in [4.78, 5) is 66.3. The fourth-order valence-electron chi connectivity index (χ4n) is 2.51. The molecule has 1 heterocycles. The fourth-order valence-corrected chi connectivity index (χ4v) is 2.77. The van der Waals surface area contributed by atoms with E-state index >= 15 is 0 Å². The highest BCUT2D eigenvalue weighted by atomic mass is 32.1. The number of thiol groups is 1. The van der Waals surface area contributed by atoms with Crippen molar-refractivity contribution in [1.82, 2.24) is 25.9 Å². The van der Waals surface area contributed by atoms with Gasteiger partial charge in [0.1, 0.15) is 18.1 Å². The van der Waals surface area contributed by atoms with E-state index in [2.05, 4.69) is 38.5 Å². The molecular weight excluding hydrogens is 444 g/mol. The molecule has 0 spiro atoms. The average molecular weight is 473 g/mol. The van der Waals surface area contributed by atoms with Crippen molar-refractivity contribution in [3.63, 3.8) is 0 Å². The number of aromatic nitrogens is 2. The number of aromatic amines is 1. The summed E-state index contributed by atoms with van der Waals surface area (Å²) in [6.07, 6.45) is 1.79. The van der Waals surface area contributed by atoms with Crippen LogP contribution in [0, 0.1) is 5.92 Å². The van der Waals surface area contributed by atoms with Crippen LogP contribution in [0.4, 0.5) is 0 Å². The molecule has 0 saturated carbocycles. The molecule has 0 aliphatic heterocycles. The summed E-state index contributed by atoms with van der Waals surface area (Å²) >= 11 is 4.06. The molecule has 1 aromatic heterocycles. The van der Waals surface area contributed by atoms with Crippen LogP contribution >= 0.6 is 12.6 Å². The van der Waals surface area contributed by atoms with Crippen LogP contribution in [0.25, 0.3) is 0 Å². The Bertz CT molecular complexity index is 817. The summed E-state index contributed by atoms with van der Waals surface area (Å²) in [6.45, 7) is 3.47. The third-order valence-electron chi connectivity index (χ3n) is 4.44. The van der Waals surface area contributed by atoms with Gasteiger partial charge in [0, 0.05) is 24.1 Å². The number of hydrogen-bond donors (Lipinski definition) is 8. The van der Waals surface area contributed by atoms with E-state index in [1.54, 1.807) is 13.8 Å². The van der Waals surface area contributed by atoms with E-state index in [-0.39, 0.29) is 18.1 Å². The molecule has 4 atom stereocenters. The normalized spacial score (nSPS) is 14.7. The highest BCUT2D eigenvalue weighted by molar-refractivity contribution is 7.80. The highest BCUT2D eigenvalue weighted by Gasteiger charge is 2.31. The van der Waals surface area contributed by atoms with E-state index in [1.165, 1.54) is 12.5 Å². The number of rotatable bonds is 13. The summed E-state index contributed by atoms with van der Waals surface area (Å²) in [5.74, 6) is -5.51. The van der Waals surface area contributed by atoms with Gasteiger partial charge in [-0.2, -0.15) is 12.6 Å². The van der Waals surface area contributed by atoms with E-state index in [9.17, 15) is 24.0 Å². The number of amides is 3. The van der Waals surface area contributed by atoms with Crippen molar-refractivity contribution < 1.29 is 34.2 Å². The summed E-state index contributed by atoms with van der Waals surface area (Å²) in [7, 11) is 0. The van der Waals surface area contributed by atoms with Crippen LogP contribution in [-0.4, -0.2) is 79.8 Å². The number of nitrogens with one attached hydrogen (secondary N) is 4. The van der Waals surface area contributed by atoms with Crippen LogP contribution in [0.15, 0.2) is 12.5 Å². The van der Waals surface area contributed by atoms with Crippen molar-refractivity contribution in [1.29, 1.82) is 0 Å². The minimum Gasteiger partial charge on any atom is -0.481 e. The molecule has 0 bridgehead atoms. The Labute approximate surface area is 189 Å². The predicted molar refractivity (Wildman–Crippen MR) is 115 cm³/mol. The van der Waals surface area contributed by atoms with Crippen molar-refractivity contribution in [2.45, 2.75) is 50.9 Å². The smallest absolute Gasteiger partial charge is 0.326 e. The van der Waals surface area contributed by atoms with Gasteiger partial charge in [-0.15, -0.1) is 0 Å². The molecule has 0 aliphatic carbocycles. The van der Waals surface area contributed by atoms with Gasteiger partial charge in [0.15, 0.2) is 0 Å². The second-order valence-corrected chi connectivity index (χ2v) is 7.72. The number of nitrogens with zero attached hydrogens (tertiary/aromatic N) is 1. The summed E-state index contributed by atoms with van der Waals surface area (Å²) in [6, 6.07) is -4.98. The Hall–Kier alpha value is -3.13. The molecule has 178 valence electrons. The standard InChI is InChI=1S/C18H28N6O7S/c1-8(2)14(19)17(29)24-12(6-32)16(28)22-10(3-9-5-20-7-21-9)15(27)23-11(18(30)31)4-13(25)26/h5,7-8,10-12,14,32H,3-4,6,19H2,1-2H3,(H,20,21)(H,22,28)(H,23,27)(H,24,29)(H,25,26)(H,30,31). The molecule has 1 aromatic rings. The number of hydrogen-bond acceptors (Lipinski definition) is 8. The maximum Gasteiger partial charge on any atom is 0.326 e. The van der Waals surface area contributed by atoms with Crippen molar-refractivity contribution in [3.05, 3.63) is 18.2 Å². The molecule has 0 radical (unpaired) electrons. The van der Waals surface area contributed by atoms with Crippen molar-refractivity contribution in [2.75, 3.05) is 5.75 Å². The first-order valence-electron chi connectivity index (χ1n) is 9.65. The maximum atomic E-state index is 12.7. The zero-order chi connectivity index (χ0) is 24.4. The van der Waals surface area contributed by atoms with Gasteiger partial charge in [-0.25, -0.2) is 9.78 Å². The quantitative estimate of drug-likeness (QED) is 0.147. The molecule has 0 aliphatic rings. The first kappa shape index (κ1) is 26.9. The van der Waals surface area contributed by atoms with Gasteiger partial charge in [-0.1, -0.05) is 13.8 Å². The third-order valence-corrected chi connectivity index (χ3v) is 4.81. The van der Waals surface area contributed by atoms with Crippen molar-refractivity contribution in [2.24, 2.45) is 11.7 Å². The number of carboxylic acid groups (broad SMARTS) is 2. The molecule has 3 amide bonds. The van der Waals surface area contributed by atoms with Crippen molar-refractivity contribution >= 4 is 42.3 Å². The molecule has 1 rings (SSSR count). The molecular formula is C18H28N6O7S. The first-order chi connectivity index (χ1) is 15.0. The van der Waals surface area contributed by atoms with Crippen LogP contribution in [-0.2, 0) is 30.4 Å². The van der Waals surface area contributed by atoms with Crippen LogP contribution in [0.1, 0.15) is 26.0 Å². The lowest BCUT2D eigenvalue weighted by Crippen LogP contribution is -2.58. The Morgan fingerprint density at radius 1 is 1.03 bits per heavy atom. The van der Waals surface area contributed by atoms with Gasteiger partial charge in [0.2, 0.25) is 17.7 Å². The maximum absolute atomic E-state index is 12.7. The van der Waals surface area contributed by atoms with E-state index in [0.717, 1.165) is 0 Å². The second-order valence-electron chi connectivity index (χ2n) is 7.35. The Kier molecular flexibility index (Phi) is 10.6. The lowest BCUT2D eigenvalue weighted by atomic mass is 10.0. The number of nitrogens with two attached hydrogens (primary N) is 1. The van der Waals surface area contributed by atoms with Gasteiger partial charge in [-0.3, -0.25) is 19.2 Å². The largest absolute Gasteiger partial charge is 0.481 e. The monoisotopic (exact) mass is 472 g/mol. The number of carbonyl (C=O) groups excluding carboxylic acids is 3.